The number of unbranched alkanes of at least 4 members (excludes halogenated alkanes) is 1. The van der Waals surface area contributed by atoms with Crippen molar-refractivity contribution in [2.75, 3.05) is 27.2 Å². The van der Waals surface area contributed by atoms with Crippen molar-refractivity contribution < 1.29 is 9.32 Å². The third-order valence-electron chi connectivity index (χ3n) is 3.29. The number of carbonyl (C=O) groups excluding carboxylic acids is 1. The number of aliphatic imine (C=N–C) groups is 1. The van der Waals surface area contributed by atoms with Gasteiger partial charge in [0.1, 0.15) is 6.54 Å². The standard InChI is InChI=1S/C16H29N5O2.HI/c1-6-7-8-17-16(19-11-15(22)21(4)5)18-10-13-9-14(12(2)3)20-23-13;/h9,12H,6-8,10-11H2,1-5H3,(H2,17,18,19);1H. The van der Waals surface area contributed by atoms with Gasteiger partial charge in [-0.2, -0.15) is 0 Å². The van der Waals surface area contributed by atoms with E-state index >= 15 is 0 Å². The first kappa shape index (κ1) is 22.7. The molecule has 7 nitrogen and oxygen atoms in total. The molecule has 2 N–H and O–H groups in total. The molecule has 0 aliphatic rings. The molecule has 24 heavy (non-hydrogen) atoms. The third-order valence-corrected chi connectivity index (χ3v) is 3.29. The van der Waals surface area contributed by atoms with Crippen molar-refractivity contribution in [3.63, 3.8) is 0 Å². The zero-order valence-corrected chi connectivity index (χ0v) is 17.6. The number of aromatic nitrogens is 1. The van der Waals surface area contributed by atoms with Gasteiger partial charge in [0.05, 0.1) is 12.2 Å². The maximum absolute atomic E-state index is 11.7. The number of rotatable bonds is 8. The van der Waals surface area contributed by atoms with Crippen molar-refractivity contribution in [3.05, 3.63) is 17.5 Å². The fourth-order valence-electron chi connectivity index (χ4n) is 1.70. The molecule has 0 atom stereocenters. The molecule has 1 aromatic heterocycles. The van der Waals surface area contributed by atoms with E-state index in [2.05, 4.69) is 41.6 Å². The highest BCUT2D eigenvalue weighted by molar-refractivity contribution is 14.0. The molecule has 0 saturated carbocycles. The topological polar surface area (TPSA) is 82.8 Å². The Labute approximate surface area is 161 Å². The third kappa shape index (κ3) is 8.51. The first-order valence-corrected chi connectivity index (χ1v) is 8.11. The Balaban J connectivity index is 0.00000529. The van der Waals surface area contributed by atoms with Crippen LogP contribution in [-0.4, -0.2) is 49.1 Å². The number of likely N-dealkylation sites (N-methyl/N-ethyl adjacent to an activating group) is 1. The van der Waals surface area contributed by atoms with Crippen LogP contribution in [0.4, 0.5) is 0 Å². The number of carbonyl (C=O) groups is 1. The first-order chi connectivity index (χ1) is 10.9. The number of hydrogen-bond acceptors (Lipinski definition) is 4. The minimum Gasteiger partial charge on any atom is -0.359 e. The lowest BCUT2D eigenvalue weighted by Crippen LogP contribution is -2.38. The molecule has 0 unspecified atom stereocenters. The van der Waals surface area contributed by atoms with Gasteiger partial charge in [-0.1, -0.05) is 32.3 Å². The number of nitrogens with one attached hydrogen (secondary N) is 2. The zero-order chi connectivity index (χ0) is 17.2. The van der Waals surface area contributed by atoms with Crippen LogP contribution in [0.15, 0.2) is 15.6 Å². The SMILES string of the molecule is CCCCNC(=NCC(=O)N(C)C)NCc1cc(C(C)C)no1.I. The second kappa shape index (κ2) is 12.1. The lowest BCUT2D eigenvalue weighted by atomic mass is 10.1. The molecule has 138 valence electrons. The maximum atomic E-state index is 11.7. The smallest absolute Gasteiger partial charge is 0.243 e. The minimum atomic E-state index is -0.0386. The van der Waals surface area contributed by atoms with Crippen LogP contribution in [-0.2, 0) is 11.3 Å². The summed E-state index contributed by atoms with van der Waals surface area (Å²) in [6.45, 7) is 7.67. The number of nitrogens with zero attached hydrogens (tertiary/aromatic N) is 3. The van der Waals surface area contributed by atoms with Crippen LogP contribution in [0.2, 0.25) is 0 Å². The second-order valence-electron chi connectivity index (χ2n) is 5.96. The summed E-state index contributed by atoms with van der Waals surface area (Å²) >= 11 is 0. The summed E-state index contributed by atoms with van der Waals surface area (Å²) in [6, 6.07) is 1.94. The van der Waals surface area contributed by atoms with Crippen molar-refractivity contribution in [1.82, 2.24) is 20.7 Å². The van der Waals surface area contributed by atoms with Crippen LogP contribution < -0.4 is 10.6 Å². The minimum absolute atomic E-state index is 0. The van der Waals surface area contributed by atoms with Crippen molar-refractivity contribution in [3.8, 4) is 0 Å². The summed E-state index contributed by atoms with van der Waals surface area (Å²) in [6.07, 6.45) is 2.14. The Morgan fingerprint density at radius 3 is 2.62 bits per heavy atom. The van der Waals surface area contributed by atoms with E-state index < -0.39 is 0 Å². The number of halogens is 1. The van der Waals surface area contributed by atoms with Gasteiger partial charge >= 0.3 is 0 Å². The Morgan fingerprint density at radius 2 is 2.08 bits per heavy atom. The Kier molecular flexibility index (Phi) is 11.4. The van der Waals surface area contributed by atoms with Gasteiger partial charge in [-0.25, -0.2) is 4.99 Å². The van der Waals surface area contributed by atoms with Gasteiger partial charge < -0.3 is 20.1 Å². The van der Waals surface area contributed by atoms with E-state index in [4.69, 9.17) is 4.52 Å². The predicted octanol–water partition coefficient (Wildman–Crippen LogP) is 2.34. The Hall–Kier alpha value is -1.32. The number of guanidine groups is 1. The average molecular weight is 451 g/mol. The molecule has 1 heterocycles. The second-order valence-corrected chi connectivity index (χ2v) is 5.96. The quantitative estimate of drug-likeness (QED) is 0.275. The van der Waals surface area contributed by atoms with Crippen LogP contribution in [0.1, 0.15) is 51.0 Å². The molecule has 0 aliphatic heterocycles. The molecule has 0 saturated heterocycles. The largest absolute Gasteiger partial charge is 0.359 e. The van der Waals surface area contributed by atoms with Crippen LogP contribution in [0.25, 0.3) is 0 Å². The normalized spacial score (nSPS) is 11.2. The monoisotopic (exact) mass is 451 g/mol. The molecule has 1 aromatic rings. The van der Waals surface area contributed by atoms with Crippen LogP contribution >= 0.6 is 24.0 Å². The van der Waals surface area contributed by atoms with E-state index in [-0.39, 0.29) is 36.4 Å². The molecule has 0 radical (unpaired) electrons. The van der Waals surface area contributed by atoms with E-state index in [0.29, 0.717) is 18.4 Å². The fourth-order valence-corrected chi connectivity index (χ4v) is 1.70. The molecule has 0 bridgehead atoms. The van der Waals surface area contributed by atoms with Crippen LogP contribution in [0, 0.1) is 0 Å². The van der Waals surface area contributed by atoms with E-state index in [1.807, 2.05) is 6.07 Å². The maximum Gasteiger partial charge on any atom is 0.243 e. The summed E-state index contributed by atoms with van der Waals surface area (Å²) in [5, 5.41) is 10.4. The van der Waals surface area contributed by atoms with Gasteiger partial charge in [0.2, 0.25) is 5.91 Å². The summed E-state index contributed by atoms with van der Waals surface area (Å²) in [5.74, 6) is 1.65. The van der Waals surface area contributed by atoms with Gasteiger partial charge in [0.15, 0.2) is 11.7 Å². The molecule has 8 heteroatoms. The molecular formula is C16H30IN5O2. The van der Waals surface area contributed by atoms with Gasteiger partial charge in [-0.05, 0) is 12.3 Å². The summed E-state index contributed by atoms with van der Waals surface area (Å²) < 4.78 is 5.30. The van der Waals surface area contributed by atoms with Gasteiger partial charge in [0.25, 0.3) is 0 Å². The molecule has 0 aromatic carbocycles. The van der Waals surface area contributed by atoms with Crippen molar-refractivity contribution in [2.24, 2.45) is 4.99 Å². The van der Waals surface area contributed by atoms with Crippen LogP contribution in [0.5, 0.6) is 0 Å². The summed E-state index contributed by atoms with van der Waals surface area (Å²) in [5.41, 5.74) is 0.932. The molecule has 0 spiro atoms. The van der Waals surface area contributed by atoms with Gasteiger partial charge in [-0.15, -0.1) is 24.0 Å². The molecule has 0 fully saturated rings. The van der Waals surface area contributed by atoms with E-state index in [1.54, 1.807) is 14.1 Å². The Bertz CT molecular complexity index is 514. The highest BCUT2D eigenvalue weighted by Gasteiger charge is 2.09. The van der Waals surface area contributed by atoms with E-state index in [0.717, 1.165) is 30.8 Å². The molecule has 1 amide bonds. The molecule has 0 aliphatic carbocycles. The highest BCUT2D eigenvalue weighted by atomic mass is 127. The number of hydrogen-bond donors (Lipinski definition) is 2. The highest BCUT2D eigenvalue weighted by Crippen LogP contribution is 2.13. The lowest BCUT2D eigenvalue weighted by Gasteiger charge is -2.12. The van der Waals surface area contributed by atoms with Gasteiger partial charge in [0, 0.05) is 26.7 Å². The predicted molar refractivity (Wildman–Crippen MR) is 107 cm³/mol. The average Bonchev–Trinajstić information content (AvgIpc) is 2.98. The number of amides is 1. The molecular weight excluding hydrogens is 421 g/mol. The van der Waals surface area contributed by atoms with E-state index in [1.165, 1.54) is 4.90 Å². The summed E-state index contributed by atoms with van der Waals surface area (Å²) in [7, 11) is 3.44. The Morgan fingerprint density at radius 1 is 1.38 bits per heavy atom. The van der Waals surface area contributed by atoms with Crippen molar-refractivity contribution in [1.29, 1.82) is 0 Å². The zero-order valence-electron chi connectivity index (χ0n) is 15.3. The van der Waals surface area contributed by atoms with Gasteiger partial charge in [-0.3, -0.25) is 4.79 Å². The van der Waals surface area contributed by atoms with Crippen LogP contribution in [0.3, 0.4) is 0 Å². The fraction of sp³-hybridized carbons (Fsp3) is 0.688. The van der Waals surface area contributed by atoms with E-state index in [9.17, 15) is 4.79 Å². The van der Waals surface area contributed by atoms with Crippen molar-refractivity contribution in [2.45, 2.75) is 46.1 Å². The first-order valence-electron chi connectivity index (χ1n) is 8.11. The molecule has 1 rings (SSSR count). The van der Waals surface area contributed by atoms with Crippen molar-refractivity contribution >= 4 is 35.8 Å². The lowest BCUT2D eigenvalue weighted by molar-refractivity contribution is -0.127. The summed E-state index contributed by atoms with van der Waals surface area (Å²) in [4.78, 5) is 17.5.